The van der Waals surface area contributed by atoms with Crippen LogP contribution in [0.1, 0.15) is 38.5 Å². The first-order valence-electron chi connectivity index (χ1n) is 8.03. The molecule has 2 heterocycles. The number of aryl methyl sites for hydroxylation is 1. The second kappa shape index (κ2) is 7.44. The van der Waals surface area contributed by atoms with E-state index in [0.29, 0.717) is 16.9 Å². The molecule has 0 bridgehead atoms. The van der Waals surface area contributed by atoms with E-state index in [1.54, 1.807) is 18.7 Å². The van der Waals surface area contributed by atoms with E-state index in [-0.39, 0.29) is 18.4 Å². The number of nitrogens with two attached hydrogens (primary N) is 1. The molecule has 0 unspecified atom stereocenters. The lowest BCUT2D eigenvalue weighted by molar-refractivity contribution is 0.0522. The molecule has 1 aliphatic rings. The number of fused-ring (bicyclic) bond motifs is 1. The van der Waals surface area contributed by atoms with Crippen LogP contribution in [0.25, 0.3) is 0 Å². The zero-order chi connectivity index (χ0) is 18.8. The number of thioether (sulfide) groups is 1. The van der Waals surface area contributed by atoms with Gasteiger partial charge in [0.05, 0.1) is 17.4 Å². The maximum Gasteiger partial charge on any atom is 0.343 e. The van der Waals surface area contributed by atoms with Gasteiger partial charge in [-0.05, 0) is 37.8 Å². The molecule has 5 nitrogen and oxygen atoms in total. The molecular formula is C19H18N2O3S2. The summed E-state index contributed by atoms with van der Waals surface area (Å²) in [5, 5.41) is 9.63. The lowest BCUT2D eigenvalue weighted by atomic mass is 9.88. The third-order valence-electron chi connectivity index (χ3n) is 4.14. The summed E-state index contributed by atoms with van der Waals surface area (Å²) in [6.07, 6.45) is 2.01. The van der Waals surface area contributed by atoms with Gasteiger partial charge in [0.25, 0.3) is 0 Å². The van der Waals surface area contributed by atoms with Gasteiger partial charge in [-0.1, -0.05) is 12.1 Å². The van der Waals surface area contributed by atoms with Crippen LogP contribution in [0.2, 0.25) is 0 Å². The molecule has 0 radical (unpaired) electrons. The highest BCUT2D eigenvalue weighted by atomic mass is 32.2. The number of nitrogens with zero attached hydrogens (tertiary/aromatic N) is 1. The standard InChI is InChI=1S/C19H18N2O3S2/c1-4-23-19(22)14-10(2)26-17-15(11-5-7-12(25-3)8-6-11)13(9-20)18(21)24-16(14)17/h5-8,15H,4,21H2,1-3H3/t15-/m0/s1. The highest BCUT2D eigenvalue weighted by Gasteiger charge is 2.37. The molecule has 0 amide bonds. The average molecular weight is 386 g/mol. The third-order valence-corrected chi connectivity index (χ3v) is 6.04. The average Bonchev–Trinajstić information content (AvgIpc) is 2.96. The number of esters is 1. The second-order valence-corrected chi connectivity index (χ2v) is 7.78. The summed E-state index contributed by atoms with van der Waals surface area (Å²) in [6, 6.07) is 10.1. The van der Waals surface area contributed by atoms with Crippen LogP contribution in [-0.2, 0) is 4.74 Å². The highest BCUT2D eigenvalue weighted by Crippen LogP contribution is 2.49. The number of ether oxygens (including phenoxy) is 2. The Morgan fingerprint density at radius 1 is 1.42 bits per heavy atom. The van der Waals surface area contributed by atoms with Gasteiger partial charge in [-0.2, -0.15) is 5.26 Å². The van der Waals surface area contributed by atoms with Gasteiger partial charge in [-0.15, -0.1) is 23.1 Å². The van der Waals surface area contributed by atoms with Crippen LogP contribution < -0.4 is 10.5 Å². The van der Waals surface area contributed by atoms with Crippen molar-refractivity contribution < 1.29 is 14.3 Å². The van der Waals surface area contributed by atoms with E-state index in [4.69, 9.17) is 15.2 Å². The van der Waals surface area contributed by atoms with Crippen molar-refractivity contribution >= 4 is 29.1 Å². The quantitative estimate of drug-likeness (QED) is 0.627. The summed E-state index contributed by atoms with van der Waals surface area (Å²) in [5.74, 6) is -0.359. The van der Waals surface area contributed by atoms with Gasteiger partial charge < -0.3 is 15.2 Å². The molecule has 1 aromatic carbocycles. The first-order valence-corrected chi connectivity index (χ1v) is 10.1. The van der Waals surface area contributed by atoms with Crippen molar-refractivity contribution in [2.45, 2.75) is 24.7 Å². The largest absolute Gasteiger partial charge is 0.462 e. The molecule has 0 saturated heterocycles. The molecule has 134 valence electrons. The maximum absolute atomic E-state index is 12.4. The molecule has 7 heteroatoms. The topological polar surface area (TPSA) is 85.3 Å². The molecule has 0 saturated carbocycles. The number of hydrogen-bond donors (Lipinski definition) is 1. The Bertz CT molecular complexity index is 923. The van der Waals surface area contributed by atoms with Crippen LogP contribution in [0.3, 0.4) is 0 Å². The molecule has 1 atom stereocenters. The molecule has 3 rings (SSSR count). The lowest BCUT2D eigenvalue weighted by Crippen LogP contribution is -2.21. The number of carbonyl (C=O) groups is 1. The maximum atomic E-state index is 12.4. The summed E-state index contributed by atoms with van der Waals surface area (Å²) in [5.41, 5.74) is 7.70. The van der Waals surface area contributed by atoms with E-state index in [1.807, 2.05) is 37.4 Å². The zero-order valence-electron chi connectivity index (χ0n) is 14.7. The number of allylic oxidation sites excluding steroid dienone is 1. The third kappa shape index (κ3) is 3.06. The molecule has 1 aromatic heterocycles. The van der Waals surface area contributed by atoms with Crippen molar-refractivity contribution in [2.75, 3.05) is 12.9 Å². The van der Waals surface area contributed by atoms with E-state index in [0.717, 1.165) is 20.2 Å². The van der Waals surface area contributed by atoms with Crippen molar-refractivity contribution in [1.29, 1.82) is 5.26 Å². The zero-order valence-corrected chi connectivity index (χ0v) is 16.3. The molecule has 26 heavy (non-hydrogen) atoms. The van der Waals surface area contributed by atoms with E-state index >= 15 is 0 Å². The van der Waals surface area contributed by atoms with Gasteiger partial charge in [0.1, 0.15) is 17.2 Å². The Hall–Kier alpha value is -2.43. The summed E-state index contributed by atoms with van der Waals surface area (Å²) in [7, 11) is 0. The van der Waals surface area contributed by atoms with Gasteiger partial charge in [0.2, 0.25) is 5.88 Å². The smallest absolute Gasteiger partial charge is 0.343 e. The van der Waals surface area contributed by atoms with E-state index in [1.165, 1.54) is 11.3 Å². The Kier molecular flexibility index (Phi) is 5.25. The molecule has 0 aliphatic carbocycles. The fraction of sp³-hybridized carbons (Fsp3) is 0.263. The van der Waals surface area contributed by atoms with Gasteiger partial charge in [0, 0.05) is 9.77 Å². The van der Waals surface area contributed by atoms with E-state index in [2.05, 4.69) is 6.07 Å². The fourth-order valence-corrected chi connectivity index (χ4v) is 4.57. The fourth-order valence-electron chi connectivity index (χ4n) is 2.95. The Morgan fingerprint density at radius 3 is 2.69 bits per heavy atom. The van der Waals surface area contributed by atoms with Crippen molar-refractivity contribution in [3.63, 3.8) is 0 Å². The molecule has 1 aliphatic heterocycles. The Morgan fingerprint density at radius 2 is 2.12 bits per heavy atom. The first-order chi connectivity index (χ1) is 12.5. The number of nitriles is 1. The monoisotopic (exact) mass is 386 g/mol. The Balaban J connectivity index is 2.17. The van der Waals surface area contributed by atoms with Gasteiger partial charge >= 0.3 is 5.97 Å². The molecule has 2 N–H and O–H groups in total. The minimum Gasteiger partial charge on any atom is -0.462 e. The summed E-state index contributed by atoms with van der Waals surface area (Å²) < 4.78 is 10.8. The minimum absolute atomic E-state index is 0.0299. The predicted octanol–water partition coefficient (Wildman–Crippen LogP) is 4.17. The van der Waals surface area contributed by atoms with Crippen molar-refractivity contribution in [3.05, 3.63) is 56.6 Å². The first kappa shape index (κ1) is 18.4. The van der Waals surface area contributed by atoms with Crippen LogP contribution in [0.15, 0.2) is 40.6 Å². The predicted molar refractivity (Wildman–Crippen MR) is 103 cm³/mol. The number of rotatable bonds is 4. The summed E-state index contributed by atoms with van der Waals surface area (Å²) in [6.45, 7) is 3.87. The lowest BCUT2D eigenvalue weighted by Gasteiger charge is -2.24. The molecular weight excluding hydrogens is 368 g/mol. The van der Waals surface area contributed by atoms with E-state index < -0.39 is 5.97 Å². The van der Waals surface area contributed by atoms with E-state index in [9.17, 15) is 10.1 Å². The van der Waals surface area contributed by atoms with Gasteiger partial charge in [-0.3, -0.25) is 0 Å². The van der Waals surface area contributed by atoms with Crippen LogP contribution in [0, 0.1) is 18.3 Å². The van der Waals surface area contributed by atoms with Gasteiger partial charge in [0.15, 0.2) is 5.75 Å². The van der Waals surface area contributed by atoms with Crippen molar-refractivity contribution in [1.82, 2.24) is 0 Å². The second-order valence-electron chi connectivity index (χ2n) is 5.65. The molecule has 2 aromatic rings. The van der Waals surface area contributed by atoms with Crippen LogP contribution >= 0.6 is 23.1 Å². The number of hydrogen-bond acceptors (Lipinski definition) is 7. The van der Waals surface area contributed by atoms with Crippen molar-refractivity contribution in [3.8, 4) is 11.8 Å². The number of thiophene rings is 1. The normalized spacial score (nSPS) is 15.8. The number of benzene rings is 1. The van der Waals surface area contributed by atoms with Crippen LogP contribution in [-0.4, -0.2) is 18.8 Å². The van der Waals surface area contributed by atoms with Crippen molar-refractivity contribution in [2.24, 2.45) is 5.73 Å². The minimum atomic E-state index is -0.438. The van der Waals surface area contributed by atoms with Gasteiger partial charge in [-0.25, -0.2) is 4.79 Å². The van der Waals surface area contributed by atoms with Crippen LogP contribution in [0.4, 0.5) is 0 Å². The molecule has 0 fully saturated rings. The SMILES string of the molecule is CCOC(=O)c1c(C)sc2c1OC(N)=C(C#N)[C@@H]2c1ccc(SC)cc1. The summed E-state index contributed by atoms with van der Waals surface area (Å²) >= 11 is 3.08. The number of carbonyl (C=O) groups excluding carboxylic acids is 1. The van der Waals surface area contributed by atoms with Crippen LogP contribution in [0.5, 0.6) is 5.75 Å². The Labute approximate surface area is 160 Å². The highest BCUT2D eigenvalue weighted by molar-refractivity contribution is 7.98. The molecule has 0 spiro atoms. The summed E-state index contributed by atoms with van der Waals surface area (Å²) in [4.78, 5) is 15.1.